The van der Waals surface area contributed by atoms with Gasteiger partial charge in [-0.3, -0.25) is 0 Å². The lowest BCUT2D eigenvalue weighted by Gasteiger charge is -2.17. The third-order valence-corrected chi connectivity index (χ3v) is 2.89. The first kappa shape index (κ1) is 14.6. The van der Waals surface area contributed by atoms with Gasteiger partial charge in [0, 0.05) is 11.8 Å². The van der Waals surface area contributed by atoms with Crippen molar-refractivity contribution >= 4 is 11.7 Å². The van der Waals surface area contributed by atoms with E-state index in [0.717, 1.165) is 12.1 Å². The Hall–Kier alpha value is -2.76. The zero-order chi connectivity index (χ0) is 15.4. The highest BCUT2D eigenvalue weighted by Crippen LogP contribution is 2.25. The van der Waals surface area contributed by atoms with E-state index in [0.29, 0.717) is 11.4 Å². The number of halogens is 1. The average molecular weight is 291 g/mol. The first-order valence-electron chi connectivity index (χ1n) is 6.12. The monoisotopic (exact) mass is 291 g/mol. The number of methoxy groups -OCH3 is 1. The maximum Gasteiger partial charge on any atom is 0.330 e. The molecule has 5 nitrogen and oxygen atoms in total. The zero-order valence-electron chi connectivity index (χ0n) is 11.2. The van der Waals surface area contributed by atoms with Gasteiger partial charge in [0.25, 0.3) is 0 Å². The van der Waals surface area contributed by atoms with Crippen molar-refractivity contribution in [3.63, 3.8) is 0 Å². The van der Waals surface area contributed by atoms with Crippen LogP contribution in [0.3, 0.4) is 0 Å². The number of carboxylic acids is 1. The van der Waals surface area contributed by atoms with Crippen molar-refractivity contribution in [3.8, 4) is 11.5 Å². The van der Waals surface area contributed by atoms with Crippen LogP contribution in [0, 0.1) is 5.82 Å². The van der Waals surface area contributed by atoms with E-state index in [-0.39, 0.29) is 11.3 Å². The molecule has 0 aliphatic heterocycles. The Morgan fingerprint density at radius 3 is 2.43 bits per heavy atom. The Bertz CT molecular complexity index is 622. The number of hydrogen-bond donors (Lipinski definition) is 3. The van der Waals surface area contributed by atoms with Crippen LogP contribution in [0.25, 0.3) is 0 Å². The lowest BCUT2D eigenvalue weighted by Crippen LogP contribution is -2.20. The van der Waals surface area contributed by atoms with E-state index >= 15 is 0 Å². The van der Waals surface area contributed by atoms with E-state index in [2.05, 4.69) is 5.32 Å². The standard InChI is InChI=1S/C15H14FNO4/c1-21-13-4-2-11(3-5-13)17-14(15(19)20)9-6-10(16)8-12(18)7-9/h2-8,14,17-18H,1H3,(H,19,20). The van der Waals surface area contributed by atoms with Crippen molar-refractivity contribution in [2.45, 2.75) is 6.04 Å². The van der Waals surface area contributed by atoms with E-state index in [1.165, 1.54) is 13.2 Å². The van der Waals surface area contributed by atoms with Crippen molar-refractivity contribution in [1.29, 1.82) is 0 Å². The van der Waals surface area contributed by atoms with Crippen molar-refractivity contribution in [3.05, 3.63) is 53.8 Å². The molecule has 0 heterocycles. The minimum Gasteiger partial charge on any atom is -0.508 e. The number of nitrogens with one attached hydrogen (secondary N) is 1. The third-order valence-electron chi connectivity index (χ3n) is 2.89. The summed E-state index contributed by atoms with van der Waals surface area (Å²) < 4.78 is 18.3. The molecular weight excluding hydrogens is 277 g/mol. The normalized spacial score (nSPS) is 11.7. The molecule has 6 heteroatoms. The average Bonchev–Trinajstić information content (AvgIpc) is 2.44. The Morgan fingerprint density at radius 1 is 1.24 bits per heavy atom. The molecular formula is C15H14FNO4. The largest absolute Gasteiger partial charge is 0.508 e. The van der Waals surface area contributed by atoms with Gasteiger partial charge in [-0.15, -0.1) is 0 Å². The number of phenols is 1. The summed E-state index contributed by atoms with van der Waals surface area (Å²) in [6.07, 6.45) is 0. The molecule has 0 aliphatic carbocycles. The quantitative estimate of drug-likeness (QED) is 0.789. The zero-order valence-corrected chi connectivity index (χ0v) is 11.2. The van der Waals surface area contributed by atoms with E-state index < -0.39 is 17.8 Å². The van der Waals surface area contributed by atoms with Gasteiger partial charge < -0.3 is 20.3 Å². The van der Waals surface area contributed by atoms with Crippen molar-refractivity contribution in [2.75, 3.05) is 12.4 Å². The second kappa shape index (κ2) is 6.13. The maximum absolute atomic E-state index is 13.3. The van der Waals surface area contributed by atoms with Gasteiger partial charge in [0.15, 0.2) is 6.04 Å². The molecule has 0 fully saturated rings. The Balaban J connectivity index is 2.28. The predicted octanol–water partition coefficient (Wildman–Crippen LogP) is 2.78. The molecule has 0 amide bonds. The molecule has 0 radical (unpaired) electrons. The van der Waals surface area contributed by atoms with Crippen LogP contribution >= 0.6 is 0 Å². The van der Waals surface area contributed by atoms with E-state index in [4.69, 9.17) is 4.74 Å². The van der Waals surface area contributed by atoms with Gasteiger partial charge in [-0.1, -0.05) is 0 Å². The molecule has 0 spiro atoms. The number of carbonyl (C=O) groups is 1. The van der Waals surface area contributed by atoms with Gasteiger partial charge in [0.05, 0.1) is 7.11 Å². The third kappa shape index (κ3) is 3.62. The second-order valence-corrected chi connectivity index (χ2v) is 4.39. The number of aromatic hydroxyl groups is 1. The minimum absolute atomic E-state index is 0.121. The molecule has 2 rings (SSSR count). The van der Waals surface area contributed by atoms with Crippen LogP contribution in [0.15, 0.2) is 42.5 Å². The van der Waals surface area contributed by atoms with Gasteiger partial charge in [-0.2, -0.15) is 0 Å². The Labute approximate surface area is 120 Å². The molecule has 1 unspecified atom stereocenters. The van der Waals surface area contributed by atoms with E-state index in [1.54, 1.807) is 24.3 Å². The molecule has 0 saturated heterocycles. The number of hydrogen-bond acceptors (Lipinski definition) is 4. The lowest BCUT2D eigenvalue weighted by molar-refractivity contribution is -0.138. The minimum atomic E-state index is -1.18. The predicted molar refractivity (Wildman–Crippen MR) is 75.1 cm³/mol. The number of rotatable bonds is 5. The van der Waals surface area contributed by atoms with Gasteiger partial charge >= 0.3 is 5.97 Å². The van der Waals surface area contributed by atoms with Crippen molar-refractivity contribution < 1.29 is 24.1 Å². The number of benzene rings is 2. The summed E-state index contributed by atoms with van der Waals surface area (Å²) in [6.45, 7) is 0. The van der Waals surface area contributed by atoms with E-state index in [9.17, 15) is 19.4 Å². The number of anilines is 1. The van der Waals surface area contributed by atoms with Crippen LogP contribution in [0.5, 0.6) is 11.5 Å². The molecule has 21 heavy (non-hydrogen) atoms. The topological polar surface area (TPSA) is 78.8 Å². The van der Waals surface area contributed by atoms with Gasteiger partial charge in [-0.05, 0) is 42.0 Å². The lowest BCUT2D eigenvalue weighted by atomic mass is 10.1. The number of carboxylic acid groups (broad SMARTS) is 1. The molecule has 2 aromatic carbocycles. The van der Waals surface area contributed by atoms with Crippen LogP contribution in [0.1, 0.15) is 11.6 Å². The summed E-state index contributed by atoms with van der Waals surface area (Å²) in [7, 11) is 1.53. The molecule has 2 aromatic rings. The van der Waals surface area contributed by atoms with Gasteiger partial charge in [-0.25, -0.2) is 9.18 Å². The summed E-state index contributed by atoms with van der Waals surface area (Å²) in [5.74, 6) is -1.58. The van der Waals surface area contributed by atoms with Crippen LogP contribution < -0.4 is 10.1 Å². The van der Waals surface area contributed by atoms with Crippen LogP contribution in [0.2, 0.25) is 0 Å². The molecule has 0 aliphatic rings. The second-order valence-electron chi connectivity index (χ2n) is 4.39. The highest BCUT2D eigenvalue weighted by molar-refractivity contribution is 5.79. The molecule has 3 N–H and O–H groups in total. The highest BCUT2D eigenvalue weighted by Gasteiger charge is 2.21. The fraction of sp³-hybridized carbons (Fsp3) is 0.133. The molecule has 1 atom stereocenters. The Morgan fingerprint density at radius 2 is 1.90 bits per heavy atom. The Kier molecular flexibility index (Phi) is 4.27. The smallest absolute Gasteiger partial charge is 0.330 e. The van der Waals surface area contributed by atoms with Crippen molar-refractivity contribution in [2.24, 2.45) is 0 Å². The van der Waals surface area contributed by atoms with Crippen LogP contribution in [-0.4, -0.2) is 23.3 Å². The summed E-state index contributed by atoms with van der Waals surface area (Å²) in [5, 5.41) is 21.4. The summed E-state index contributed by atoms with van der Waals surface area (Å²) in [5.41, 5.74) is 0.655. The SMILES string of the molecule is COc1ccc(NC(C(=O)O)c2cc(O)cc(F)c2)cc1. The first-order valence-corrected chi connectivity index (χ1v) is 6.12. The highest BCUT2D eigenvalue weighted by atomic mass is 19.1. The van der Waals surface area contributed by atoms with Crippen LogP contribution in [0.4, 0.5) is 10.1 Å². The molecule has 0 aromatic heterocycles. The summed E-state index contributed by atoms with van der Waals surface area (Å²) in [4.78, 5) is 11.4. The van der Waals surface area contributed by atoms with E-state index in [1.807, 2.05) is 0 Å². The maximum atomic E-state index is 13.3. The summed E-state index contributed by atoms with van der Waals surface area (Å²) in [6, 6.07) is 8.64. The first-order chi connectivity index (χ1) is 9.99. The fourth-order valence-electron chi connectivity index (χ4n) is 1.90. The number of aliphatic carboxylic acids is 1. The number of ether oxygens (including phenoxy) is 1. The van der Waals surface area contributed by atoms with Gasteiger partial charge in [0.1, 0.15) is 17.3 Å². The van der Waals surface area contributed by atoms with Crippen LogP contribution in [-0.2, 0) is 4.79 Å². The van der Waals surface area contributed by atoms with Gasteiger partial charge in [0.2, 0.25) is 0 Å². The molecule has 0 bridgehead atoms. The molecule has 110 valence electrons. The summed E-state index contributed by atoms with van der Waals surface area (Å²) >= 11 is 0. The van der Waals surface area contributed by atoms with Crippen molar-refractivity contribution in [1.82, 2.24) is 0 Å². The molecule has 0 saturated carbocycles. The fourth-order valence-corrected chi connectivity index (χ4v) is 1.90. The number of phenolic OH excluding ortho intramolecular Hbond substituents is 1.